The number of thiophene rings is 1. The van der Waals surface area contributed by atoms with Crippen LogP contribution in [0.2, 0.25) is 0 Å². The van der Waals surface area contributed by atoms with Gasteiger partial charge in [0.15, 0.2) is 5.16 Å². The number of carbonyl (C=O) groups excluding carboxylic acids is 2. The molecule has 0 atom stereocenters. The lowest BCUT2D eigenvalue weighted by atomic mass is 10.0. The fraction of sp³-hybridized carbons (Fsp3) is 0.300. The first-order valence-corrected chi connectivity index (χ1v) is 14.6. The zero-order valence-corrected chi connectivity index (χ0v) is 24.0. The number of benzene rings is 2. The number of nitrogens with one attached hydrogen (secondary N) is 2. The summed E-state index contributed by atoms with van der Waals surface area (Å²) in [6.45, 7) is 10.4. The van der Waals surface area contributed by atoms with E-state index in [0.717, 1.165) is 34.5 Å². The van der Waals surface area contributed by atoms with Crippen LogP contribution >= 0.6 is 23.1 Å². The summed E-state index contributed by atoms with van der Waals surface area (Å²) in [4.78, 5) is 33.9. The van der Waals surface area contributed by atoms with E-state index >= 15 is 0 Å². The molecule has 0 radical (unpaired) electrons. The number of hydrogen-bond donors (Lipinski definition) is 2. The van der Waals surface area contributed by atoms with E-state index in [1.807, 2.05) is 5.38 Å². The van der Waals surface area contributed by atoms with Crippen LogP contribution in [-0.2, 0) is 16.0 Å². The van der Waals surface area contributed by atoms with E-state index in [2.05, 4.69) is 86.5 Å². The number of thioether (sulfide) groups is 1. The average Bonchev–Trinajstić information content (AvgIpc) is 3.48. The summed E-state index contributed by atoms with van der Waals surface area (Å²) in [5.74, 6) is -0.0812. The number of amides is 1. The molecule has 2 aromatic heterocycles. The number of imidazole rings is 1. The van der Waals surface area contributed by atoms with Crippen LogP contribution in [0.25, 0.3) is 22.5 Å². The van der Waals surface area contributed by atoms with Gasteiger partial charge in [-0.2, -0.15) is 0 Å². The highest BCUT2D eigenvalue weighted by atomic mass is 32.2. The SMILES string of the molecule is CCOC(=O)c1c(CC(C)C)csc1NC(=O)CSc1nc(-c2ccc(C)cc2)c(-c2ccc(C)cc2)[nH]1. The largest absolute Gasteiger partial charge is 0.462 e. The lowest BCUT2D eigenvalue weighted by Crippen LogP contribution is -2.17. The second-order valence-corrected chi connectivity index (χ2v) is 11.5. The van der Waals surface area contributed by atoms with Crippen molar-refractivity contribution in [3.8, 4) is 22.5 Å². The Morgan fingerprint density at radius 2 is 1.66 bits per heavy atom. The molecule has 0 bridgehead atoms. The molecule has 1 amide bonds. The second-order valence-electron chi connectivity index (χ2n) is 9.62. The van der Waals surface area contributed by atoms with Gasteiger partial charge in [0.25, 0.3) is 0 Å². The number of aryl methyl sites for hydroxylation is 2. The Kier molecular flexibility index (Phi) is 9.07. The van der Waals surface area contributed by atoms with Crippen molar-refractivity contribution < 1.29 is 14.3 Å². The molecular formula is C30H33N3O3S2. The van der Waals surface area contributed by atoms with Crippen LogP contribution in [0.1, 0.15) is 47.8 Å². The third-order valence-electron chi connectivity index (χ3n) is 5.92. The zero-order chi connectivity index (χ0) is 27.2. The summed E-state index contributed by atoms with van der Waals surface area (Å²) in [5, 5.41) is 6.05. The van der Waals surface area contributed by atoms with Gasteiger partial charge < -0.3 is 15.0 Å². The molecule has 6 nitrogen and oxygen atoms in total. The van der Waals surface area contributed by atoms with Crippen molar-refractivity contribution in [2.24, 2.45) is 5.92 Å². The number of esters is 1. The van der Waals surface area contributed by atoms with Crippen LogP contribution in [-0.4, -0.2) is 34.2 Å². The molecule has 0 aliphatic rings. The summed E-state index contributed by atoms with van der Waals surface area (Å²) in [6, 6.07) is 16.6. The van der Waals surface area contributed by atoms with Gasteiger partial charge in [-0.1, -0.05) is 85.3 Å². The second kappa shape index (κ2) is 12.5. The summed E-state index contributed by atoms with van der Waals surface area (Å²) >= 11 is 2.69. The third kappa shape index (κ3) is 6.74. The highest BCUT2D eigenvalue weighted by Crippen LogP contribution is 2.34. The first kappa shape index (κ1) is 27.7. The monoisotopic (exact) mass is 547 g/mol. The van der Waals surface area contributed by atoms with Gasteiger partial charge in [-0.05, 0) is 44.1 Å². The maximum absolute atomic E-state index is 12.9. The van der Waals surface area contributed by atoms with Crippen LogP contribution < -0.4 is 5.32 Å². The van der Waals surface area contributed by atoms with E-state index < -0.39 is 5.97 Å². The van der Waals surface area contributed by atoms with Crippen molar-refractivity contribution in [1.82, 2.24) is 9.97 Å². The molecule has 4 rings (SSSR count). The van der Waals surface area contributed by atoms with Gasteiger partial charge in [-0.25, -0.2) is 9.78 Å². The number of H-pyrrole nitrogens is 1. The predicted molar refractivity (Wildman–Crippen MR) is 157 cm³/mol. The molecule has 0 unspecified atom stereocenters. The average molecular weight is 548 g/mol. The molecule has 0 saturated heterocycles. The summed E-state index contributed by atoms with van der Waals surface area (Å²) in [7, 11) is 0. The molecule has 38 heavy (non-hydrogen) atoms. The normalized spacial score (nSPS) is 11.1. The molecule has 0 aliphatic heterocycles. The first-order chi connectivity index (χ1) is 18.2. The Labute approximate surface area is 232 Å². The van der Waals surface area contributed by atoms with Crippen molar-refractivity contribution in [2.45, 2.75) is 46.2 Å². The van der Waals surface area contributed by atoms with Gasteiger partial charge >= 0.3 is 5.97 Å². The van der Waals surface area contributed by atoms with Crippen molar-refractivity contribution in [2.75, 3.05) is 17.7 Å². The fourth-order valence-corrected chi connectivity index (χ4v) is 5.72. The van der Waals surface area contributed by atoms with E-state index in [1.54, 1.807) is 6.92 Å². The van der Waals surface area contributed by atoms with Gasteiger partial charge in [0, 0.05) is 11.1 Å². The van der Waals surface area contributed by atoms with Gasteiger partial charge in [-0.3, -0.25) is 4.79 Å². The molecule has 198 valence electrons. The zero-order valence-electron chi connectivity index (χ0n) is 22.4. The lowest BCUT2D eigenvalue weighted by molar-refractivity contribution is -0.113. The van der Waals surface area contributed by atoms with E-state index in [1.165, 1.54) is 34.2 Å². The Morgan fingerprint density at radius 3 is 2.26 bits per heavy atom. The number of ether oxygens (including phenoxy) is 1. The molecular weight excluding hydrogens is 514 g/mol. The van der Waals surface area contributed by atoms with Crippen LogP contribution in [0.4, 0.5) is 5.00 Å². The maximum Gasteiger partial charge on any atom is 0.341 e. The predicted octanol–water partition coefficient (Wildman–Crippen LogP) is 7.53. The number of aromatic nitrogens is 2. The van der Waals surface area contributed by atoms with E-state index in [4.69, 9.17) is 9.72 Å². The fourth-order valence-electron chi connectivity index (χ4n) is 4.07. The molecule has 8 heteroatoms. The number of hydrogen-bond acceptors (Lipinski definition) is 6. The number of rotatable bonds is 10. The molecule has 0 fully saturated rings. The number of nitrogens with zero attached hydrogens (tertiary/aromatic N) is 1. The van der Waals surface area contributed by atoms with Gasteiger partial charge in [0.2, 0.25) is 5.91 Å². The van der Waals surface area contributed by atoms with Crippen molar-refractivity contribution >= 4 is 40.0 Å². The summed E-state index contributed by atoms with van der Waals surface area (Å²) in [5.41, 5.74) is 7.53. The van der Waals surface area contributed by atoms with Gasteiger partial charge in [0.05, 0.1) is 29.3 Å². The quantitative estimate of drug-likeness (QED) is 0.158. The number of carbonyl (C=O) groups is 2. The van der Waals surface area contributed by atoms with Crippen LogP contribution in [0.15, 0.2) is 59.1 Å². The van der Waals surface area contributed by atoms with Gasteiger partial charge in [-0.15, -0.1) is 11.3 Å². The Morgan fingerprint density at radius 1 is 1.03 bits per heavy atom. The Bertz CT molecular complexity index is 1340. The lowest BCUT2D eigenvalue weighted by Gasteiger charge is -2.09. The topological polar surface area (TPSA) is 84.1 Å². The summed E-state index contributed by atoms with van der Waals surface area (Å²) in [6.07, 6.45) is 0.741. The van der Waals surface area contributed by atoms with E-state index in [0.29, 0.717) is 21.6 Å². The van der Waals surface area contributed by atoms with Crippen molar-refractivity contribution in [1.29, 1.82) is 0 Å². The Hall–Kier alpha value is -3.36. The smallest absolute Gasteiger partial charge is 0.341 e. The van der Waals surface area contributed by atoms with Crippen LogP contribution in [0.5, 0.6) is 0 Å². The van der Waals surface area contributed by atoms with E-state index in [9.17, 15) is 9.59 Å². The number of aromatic amines is 1. The summed E-state index contributed by atoms with van der Waals surface area (Å²) < 4.78 is 5.27. The highest BCUT2D eigenvalue weighted by molar-refractivity contribution is 7.99. The Balaban J connectivity index is 1.54. The van der Waals surface area contributed by atoms with Gasteiger partial charge in [0.1, 0.15) is 5.00 Å². The van der Waals surface area contributed by atoms with Crippen molar-refractivity contribution in [3.05, 3.63) is 76.2 Å². The van der Waals surface area contributed by atoms with Crippen LogP contribution in [0.3, 0.4) is 0 Å². The molecule has 0 spiro atoms. The number of anilines is 1. The first-order valence-electron chi connectivity index (χ1n) is 12.7. The minimum Gasteiger partial charge on any atom is -0.462 e. The van der Waals surface area contributed by atoms with E-state index in [-0.39, 0.29) is 18.3 Å². The minimum absolute atomic E-state index is 0.147. The standard InChI is InChI=1S/C30H33N3O3S2/c1-6-36-29(35)25-23(15-18(2)3)16-37-28(25)31-24(34)17-38-30-32-26(21-11-7-19(4)8-12-21)27(33-30)22-13-9-20(5)10-14-22/h7-14,16,18H,6,15,17H2,1-5H3,(H,31,34)(H,32,33). The maximum atomic E-state index is 12.9. The molecule has 0 saturated carbocycles. The van der Waals surface area contributed by atoms with Crippen molar-refractivity contribution in [3.63, 3.8) is 0 Å². The highest BCUT2D eigenvalue weighted by Gasteiger charge is 2.23. The third-order valence-corrected chi connectivity index (χ3v) is 7.73. The van der Waals surface area contributed by atoms with Crippen LogP contribution in [0, 0.1) is 19.8 Å². The molecule has 0 aliphatic carbocycles. The molecule has 2 aromatic carbocycles. The molecule has 4 aromatic rings. The molecule has 2 N–H and O–H groups in total. The molecule has 2 heterocycles. The minimum atomic E-state index is -0.399.